The minimum atomic E-state index is -3.12. The van der Waals surface area contributed by atoms with Crippen molar-refractivity contribution in [2.24, 2.45) is 0 Å². The molecule has 0 amide bonds. The van der Waals surface area contributed by atoms with Crippen LogP contribution in [0, 0.1) is 0 Å². The number of carbonyl (C=O) groups is 1. The minimum absolute atomic E-state index is 0.0253. The SMILES string of the molecule is CS(=O)(=O)N1CCN(Cc2ccnc(C(=O)O)c2)CC1. The van der Waals surface area contributed by atoms with Crippen molar-refractivity contribution in [1.82, 2.24) is 14.2 Å². The lowest BCUT2D eigenvalue weighted by Crippen LogP contribution is -2.47. The van der Waals surface area contributed by atoms with Crippen molar-refractivity contribution in [1.29, 1.82) is 0 Å². The van der Waals surface area contributed by atoms with E-state index in [1.807, 2.05) is 0 Å². The first-order chi connectivity index (χ1) is 9.36. The van der Waals surface area contributed by atoms with E-state index in [0.717, 1.165) is 5.56 Å². The lowest BCUT2D eigenvalue weighted by Gasteiger charge is -2.33. The summed E-state index contributed by atoms with van der Waals surface area (Å²) >= 11 is 0. The quantitative estimate of drug-likeness (QED) is 0.832. The van der Waals surface area contributed by atoms with E-state index < -0.39 is 16.0 Å². The van der Waals surface area contributed by atoms with Crippen LogP contribution in [-0.4, -0.2) is 66.1 Å². The molecule has 20 heavy (non-hydrogen) atoms. The molecule has 0 aromatic carbocycles. The third kappa shape index (κ3) is 3.75. The molecule has 0 aliphatic carbocycles. The van der Waals surface area contributed by atoms with Crippen LogP contribution in [0.4, 0.5) is 0 Å². The predicted octanol–water partition coefficient (Wildman–Crippen LogP) is -0.143. The van der Waals surface area contributed by atoms with Crippen molar-refractivity contribution in [2.75, 3.05) is 32.4 Å². The van der Waals surface area contributed by atoms with Gasteiger partial charge in [-0.1, -0.05) is 0 Å². The molecule has 1 saturated heterocycles. The van der Waals surface area contributed by atoms with Gasteiger partial charge in [-0.05, 0) is 17.7 Å². The van der Waals surface area contributed by atoms with Gasteiger partial charge in [0.05, 0.1) is 6.26 Å². The topological polar surface area (TPSA) is 90.8 Å². The summed E-state index contributed by atoms with van der Waals surface area (Å²) in [5, 5.41) is 8.89. The van der Waals surface area contributed by atoms with E-state index in [4.69, 9.17) is 5.11 Å². The third-order valence-electron chi connectivity index (χ3n) is 3.25. The first kappa shape index (κ1) is 14.9. The molecule has 1 aromatic heterocycles. The zero-order chi connectivity index (χ0) is 14.8. The van der Waals surface area contributed by atoms with Crippen molar-refractivity contribution in [2.45, 2.75) is 6.54 Å². The van der Waals surface area contributed by atoms with Crippen LogP contribution in [0.25, 0.3) is 0 Å². The molecular weight excluding hydrogens is 282 g/mol. The van der Waals surface area contributed by atoms with Crippen LogP contribution in [0.15, 0.2) is 18.3 Å². The molecule has 2 rings (SSSR count). The molecule has 8 heteroatoms. The zero-order valence-corrected chi connectivity index (χ0v) is 12.0. The molecule has 2 heterocycles. The average molecular weight is 299 g/mol. The van der Waals surface area contributed by atoms with Crippen LogP contribution in [-0.2, 0) is 16.6 Å². The maximum absolute atomic E-state index is 11.4. The Bertz CT molecular complexity index is 594. The van der Waals surface area contributed by atoms with Crippen LogP contribution >= 0.6 is 0 Å². The van der Waals surface area contributed by atoms with Crippen LogP contribution in [0.5, 0.6) is 0 Å². The van der Waals surface area contributed by atoms with Gasteiger partial charge >= 0.3 is 5.97 Å². The fourth-order valence-electron chi connectivity index (χ4n) is 2.17. The third-order valence-corrected chi connectivity index (χ3v) is 4.55. The molecule has 1 fully saturated rings. The van der Waals surface area contributed by atoms with E-state index in [-0.39, 0.29) is 5.69 Å². The van der Waals surface area contributed by atoms with E-state index in [1.54, 1.807) is 12.1 Å². The number of nitrogens with zero attached hydrogens (tertiary/aromatic N) is 3. The summed E-state index contributed by atoms with van der Waals surface area (Å²) in [6.07, 6.45) is 2.69. The highest BCUT2D eigenvalue weighted by atomic mass is 32.2. The van der Waals surface area contributed by atoms with Gasteiger partial charge in [0.25, 0.3) is 0 Å². The highest BCUT2D eigenvalue weighted by Gasteiger charge is 2.23. The Labute approximate surface area is 117 Å². The number of sulfonamides is 1. The van der Waals surface area contributed by atoms with Gasteiger partial charge in [0.1, 0.15) is 5.69 Å². The lowest BCUT2D eigenvalue weighted by molar-refractivity contribution is 0.0690. The highest BCUT2D eigenvalue weighted by Crippen LogP contribution is 2.11. The summed E-state index contributed by atoms with van der Waals surface area (Å²) in [6, 6.07) is 3.32. The maximum atomic E-state index is 11.4. The summed E-state index contributed by atoms with van der Waals surface area (Å²) in [6.45, 7) is 2.81. The molecule has 0 spiro atoms. The van der Waals surface area contributed by atoms with Crippen molar-refractivity contribution in [3.63, 3.8) is 0 Å². The molecule has 0 bridgehead atoms. The number of piperazine rings is 1. The van der Waals surface area contributed by atoms with E-state index in [0.29, 0.717) is 32.7 Å². The lowest BCUT2D eigenvalue weighted by atomic mass is 10.2. The monoisotopic (exact) mass is 299 g/mol. The number of aromatic carboxylic acids is 1. The number of aromatic nitrogens is 1. The molecule has 0 unspecified atom stereocenters. The predicted molar refractivity (Wildman–Crippen MR) is 72.9 cm³/mol. The largest absolute Gasteiger partial charge is 0.477 e. The standard InChI is InChI=1S/C12H17N3O4S/c1-20(18,19)15-6-4-14(5-7-15)9-10-2-3-13-11(8-10)12(16)17/h2-3,8H,4-7,9H2,1H3,(H,16,17). The van der Waals surface area contributed by atoms with Gasteiger partial charge in [-0.2, -0.15) is 4.31 Å². The maximum Gasteiger partial charge on any atom is 0.354 e. The minimum Gasteiger partial charge on any atom is -0.477 e. The first-order valence-electron chi connectivity index (χ1n) is 6.22. The van der Waals surface area contributed by atoms with E-state index >= 15 is 0 Å². The Kier molecular flexibility index (Phi) is 4.36. The van der Waals surface area contributed by atoms with E-state index in [1.165, 1.54) is 16.8 Å². The summed E-state index contributed by atoms with van der Waals surface area (Å²) in [5.41, 5.74) is 0.891. The van der Waals surface area contributed by atoms with Crippen LogP contribution < -0.4 is 0 Å². The molecular formula is C12H17N3O4S. The Morgan fingerprint density at radius 2 is 2.00 bits per heavy atom. The smallest absolute Gasteiger partial charge is 0.354 e. The van der Waals surface area contributed by atoms with Crippen molar-refractivity contribution in [3.05, 3.63) is 29.6 Å². The average Bonchev–Trinajstić information content (AvgIpc) is 2.38. The van der Waals surface area contributed by atoms with Crippen LogP contribution in [0.3, 0.4) is 0 Å². The number of carboxylic acids is 1. The molecule has 0 saturated carbocycles. The first-order valence-corrected chi connectivity index (χ1v) is 8.07. The Balaban J connectivity index is 1.96. The van der Waals surface area contributed by atoms with Crippen LogP contribution in [0.1, 0.15) is 16.1 Å². The molecule has 1 aliphatic heterocycles. The number of hydrogen-bond donors (Lipinski definition) is 1. The van der Waals surface area contributed by atoms with E-state index in [9.17, 15) is 13.2 Å². The molecule has 1 aliphatic rings. The second-order valence-corrected chi connectivity index (χ2v) is 6.78. The molecule has 0 radical (unpaired) electrons. The molecule has 1 N–H and O–H groups in total. The number of rotatable bonds is 4. The van der Waals surface area contributed by atoms with Gasteiger partial charge in [0.2, 0.25) is 10.0 Å². The zero-order valence-electron chi connectivity index (χ0n) is 11.2. The van der Waals surface area contributed by atoms with Crippen molar-refractivity contribution in [3.8, 4) is 0 Å². The second kappa shape index (κ2) is 5.86. The van der Waals surface area contributed by atoms with Gasteiger partial charge in [0, 0.05) is 38.9 Å². The fourth-order valence-corrected chi connectivity index (χ4v) is 2.99. The Morgan fingerprint density at radius 3 is 2.55 bits per heavy atom. The van der Waals surface area contributed by atoms with Gasteiger partial charge in [0.15, 0.2) is 0 Å². The normalized spacial score (nSPS) is 18.1. The molecule has 110 valence electrons. The van der Waals surface area contributed by atoms with E-state index in [2.05, 4.69) is 9.88 Å². The molecule has 1 aromatic rings. The molecule has 7 nitrogen and oxygen atoms in total. The summed E-state index contributed by atoms with van der Waals surface area (Å²) < 4.78 is 24.3. The van der Waals surface area contributed by atoms with Gasteiger partial charge < -0.3 is 5.11 Å². The van der Waals surface area contributed by atoms with Crippen molar-refractivity contribution < 1.29 is 18.3 Å². The van der Waals surface area contributed by atoms with Gasteiger partial charge in [-0.3, -0.25) is 4.90 Å². The van der Waals surface area contributed by atoms with Gasteiger partial charge in [-0.25, -0.2) is 18.2 Å². The number of carboxylic acid groups (broad SMARTS) is 1. The Morgan fingerprint density at radius 1 is 1.35 bits per heavy atom. The van der Waals surface area contributed by atoms with Crippen LogP contribution in [0.2, 0.25) is 0 Å². The highest BCUT2D eigenvalue weighted by molar-refractivity contribution is 7.88. The number of hydrogen-bond acceptors (Lipinski definition) is 5. The summed E-state index contributed by atoms with van der Waals surface area (Å²) in [5.74, 6) is -1.05. The summed E-state index contributed by atoms with van der Waals surface area (Å²) in [7, 11) is -3.12. The second-order valence-electron chi connectivity index (χ2n) is 4.79. The fraction of sp³-hybridized carbons (Fsp3) is 0.500. The van der Waals surface area contributed by atoms with Gasteiger partial charge in [-0.15, -0.1) is 0 Å². The number of pyridine rings is 1. The molecule has 0 atom stereocenters. The summed E-state index contributed by atoms with van der Waals surface area (Å²) in [4.78, 5) is 16.7. The Hall–Kier alpha value is -1.51. The van der Waals surface area contributed by atoms with Crippen molar-refractivity contribution >= 4 is 16.0 Å².